The molecule has 0 atom stereocenters. The lowest BCUT2D eigenvalue weighted by Gasteiger charge is -2.27. The van der Waals surface area contributed by atoms with Crippen LogP contribution >= 0.6 is 0 Å². The van der Waals surface area contributed by atoms with Gasteiger partial charge in [0.1, 0.15) is 18.3 Å². The van der Waals surface area contributed by atoms with E-state index in [-0.39, 0.29) is 23.9 Å². The number of aromatic nitrogens is 7. The highest BCUT2D eigenvalue weighted by atomic mass is 32.2. The minimum absolute atomic E-state index is 0.172. The number of aliphatic hydroxyl groups excluding tert-OH is 1. The van der Waals surface area contributed by atoms with E-state index >= 15 is 0 Å². The monoisotopic (exact) mass is 591 g/mol. The second-order valence-electron chi connectivity index (χ2n) is 10.4. The SMILES string of the molecule is O=S(=O)(C1CC1)n1cc(-c2nccc(Nc3cc(NC4CCC(O)CC4)c(C#Cc4cnn(CCF)c4)cn3)n2)cn1. The number of rotatable bonds is 9. The Hall–Kier alpha value is -4.35. The number of aryl methyl sites for hydroxylation is 1. The van der Waals surface area contributed by atoms with Gasteiger partial charge in [-0.15, -0.1) is 0 Å². The van der Waals surface area contributed by atoms with Gasteiger partial charge in [0.05, 0.1) is 58.9 Å². The fourth-order valence-electron chi connectivity index (χ4n) is 4.74. The molecule has 42 heavy (non-hydrogen) atoms. The summed E-state index contributed by atoms with van der Waals surface area (Å²) < 4.78 is 40.2. The second kappa shape index (κ2) is 11.9. The molecular weight excluding hydrogens is 561 g/mol. The lowest BCUT2D eigenvalue weighted by molar-refractivity contribution is 0.126. The molecule has 4 aromatic heterocycles. The van der Waals surface area contributed by atoms with E-state index in [0.717, 1.165) is 35.5 Å². The zero-order chi connectivity index (χ0) is 29.1. The molecule has 14 heteroatoms. The lowest BCUT2D eigenvalue weighted by atomic mass is 9.93. The molecule has 0 amide bonds. The molecule has 2 aliphatic carbocycles. The Labute approximate surface area is 242 Å². The number of anilines is 3. The van der Waals surface area contributed by atoms with Crippen molar-refractivity contribution in [2.24, 2.45) is 0 Å². The first-order valence-electron chi connectivity index (χ1n) is 13.8. The van der Waals surface area contributed by atoms with Crippen LogP contribution in [-0.4, -0.2) is 71.5 Å². The molecule has 2 fully saturated rings. The van der Waals surface area contributed by atoms with Gasteiger partial charge in [0.2, 0.25) is 0 Å². The van der Waals surface area contributed by atoms with Crippen molar-refractivity contribution >= 4 is 27.3 Å². The van der Waals surface area contributed by atoms with Crippen LogP contribution in [0.3, 0.4) is 0 Å². The number of nitrogens with zero attached hydrogens (tertiary/aromatic N) is 7. The third kappa shape index (κ3) is 6.42. The molecule has 0 unspecified atom stereocenters. The Bertz CT molecular complexity index is 1730. The van der Waals surface area contributed by atoms with E-state index in [9.17, 15) is 17.9 Å². The Kier molecular flexibility index (Phi) is 7.86. The van der Waals surface area contributed by atoms with Crippen LogP contribution in [0, 0.1) is 11.8 Å². The molecule has 4 heterocycles. The van der Waals surface area contributed by atoms with E-state index in [1.54, 1.807) is 30.9 Å². The molecule has 3 N–H and O–H groups in total. The number of alkyl halides is 1. The summed E-state index contributed by atoms with van der Waals surface area (Å²) in [5.41, 5.74) is 2.60. The van der Waals surface area contributed by atoms with Crippen LogP contribution < -0.4 is 10.6 Å². The van der Waals surface area contributed by atoms with E-state index < -0.39 is 16.7 Å². The Morgan fingerprint density at radius 1 is 1.00 bits per heavy atom. The van der Waals surface area contributed by atoms with E-state index in [2.05, 4.69) is 47.6 Å². The summed E-state index contributed by atoms with van der Waals surface area (Å²) in [6.07, 6.45) is 13.5. The van der Waals surface area contributed by atoms with Gasteiger partial charge in [-0.05, 0) is 44.6 Å². The molecule has 0 aliphatic heterocycles. The molecule has 0 aromatic carbocycles. The summed E-state index contributed by atoms with van der Waals surface area (Å²) in [6.45, 7) is -0.326. The molecule has 12 nitrogen and oxygen atoms in total. The summed E-state index contributed by atoms with van der Waals surface area (Å²) in [5.74, 6) is 7.54. The Balaban J connectivity index is 1.23. The minimum Gasteiger partial charge on any atom is -0.393 e. The fraction of sp³-hybridized carbons (Fsp3) is 0.393. The summed E-state index contributed by atoms with van der Waals surface area (Å²) in [7, 11) is -3.49. The van der Waals surface area contributed by atoms with Crippen LogP contribution in [0.15, 0.2) is 49.3 Å². The van der Waals surface area contributed by atoms with Crippen LogP contribution in [0.4, 0.5) is 21.7 Å². The lowest BCUT2D eigenvalue weighted by Crippen LogP contribution is -2.28. The standard InChI is InChI=1S/C28H30FN9O3S/c29-10-12-37-17-19(14-32-37)1-2-20-15-31-27(13-25(20)34-22-3-5-23(39)6-4-22)35-26-9-11-30-28(36-26)21-16-33-38(18-21)42(40,41)24-7-8-24/h9,11,13-18,22-24,39H,3-8,10,12H2,(H2,30,31,34,35,36). The first kappa shape index (κ1) is 27.8. The molecule has 6 rings (SSSR count). The predicted molar refractivity (Wildman–Crippen MR) is 154 cm³/mol. The molecule has 2 aliphatic rings. The number of aliphatic hydroxyl groups is 1. The van der Waals surface area contributed by atoms with Crippen LogP contribution in [0.1, 0.15) is 49.7 Å². The van der Waals surface area contributed by atoms with Gasteiger partial charge in [-0.3, -0.25) is 4.68 Å². The van der Waals surface area contributed by atoms with Crippen molar-refractivity contribution in [3.63, 3.8) is 0 Å². The maximum Gasteiger partial charge on any atom is 0.256 e. The van der Waals surface area contributed by atoms with Crippen LogP contribution in [0.5, 0.6) is 0 Å². The molecule has 2 saturated carbocycles. The third-order valence-electron chi connectivity index (χ3n) is 7.19. The smallest absolute Gasteiger partial charge is 0.256 e. The highest BCUT2D eigenvalue weighted by Crippen LogP contribution is 2.30. The summed E-state index contributed by atoms with van der Waals surface area (Å²) in [4.78, 5) is 13.4. The van der Waals surface area contributed by atoms with Crippen molar-refractivity contribution < 1.29 is 17.9 Å². The average molecular weight is 592 g/mol. The normalized spacial score (nSPS) is 18.7. The number of pyridine rings is 1. The van der Waals surface area contributed by atoms with Crippen LogP contribution in [0.2, 0.25) is 0 Å². The summed E-state index contributed by atoms with van der Waals surface area (Å²) in [6, 6.07) is 3.71. The van der Waals surface area contributed by atoms with Crippen LogP contribution in [0.25, 0.3) is 11.4 Å². The van der Waals surface area contributed by atoms with Crippen molar-refractivity contribution in [1.29, 1.82) is 0 Å². The molecule has 0 radical (unpaired) electrons. The summed E-state index contributed by atoms with van der Waals surface area (Å²) in [5, 5.41) is 24.5. The number of nitrogens with one attached hydrogen (secondary N) is 2. The van der Waals surface area contributed by atoms with Crippen molar-refractivity contribution in [1.82, 2.24) is 33.9 Å². The molecule has 0 spiro atoms. The maximum atomic E-state index is 12.6. The average Bonchev–Trinajstić information content (AvgIpc) is 3.56. The van der Waals surface area contributed by atoms with Crippen molar-refractivity contribution in [2.45, 2.75) is 62.5 Å². The predicted octanol–water partition coefficient (Wildman–Crippen LogP) is 3.10. The quantitative estimate of drug-likeness (QED) is 0.248. The van der Waals surface area contributed by atoms with Crippen molar-refractivity contribution in [3.05, 3.63) is 60.4 Å². The minimum atomic E-state index is -3.49. The topological polar surface area (TPSA) is 153 Å². The molecule has 218 valence electrons. The largest absolute Gasteiger partial charge is 0.393 e. The third-order valence-corrected chi connectivity index (χ3v) is 9.22. The molecule has 4 aromatic rings. The van der Waals surface area contributed by atoms with Gasteiger partial charge < -0.3 is 15.7 Å². The van der Waals surface area contributed by atoms with Crippen molar-refractivity contribution in [2.75, 3.05) is 17.3 Å². The van der Waals surface area contributed by atoms with Gasteiger partial charge in [0.25, 0.3) is 10.0 Å². The van der Waals surface area contributed by atoms with E-state index in [4.69, 9.17) is 0 Å². The van der Waals surface area contributed by atoms with Gasteiger partial charge in [-0.2, -0.15) is 14.3 Å². The first-order chi connectivity index (χ1) is 20.4. The van der Waals surface area contributed by atoms with Crippen molar-refractivity contribution in [3.8, 4) is 23.2 Å². The van der Waals surface area contributed by atoms with E-state index in [0.29, 0.717) is 47.0 Å². The van der Waals surface area contributed by atoms with Gasteiger partial charge >= 0.3 is 0 Å². The number of hydrogen-bond acceptors (Lipinski definition) is 10. The van der Waals surface area contributed by atoms with Gasteiger partial charge in [-0.25, -0.2) is 27.8 Å². The van der Waals surface area contributed by atoms with E-state index in [1.165, 1.54) is 17.1 Å². The fourth-order valence-corrected chi connectivity index (χ4v) is 6.21. The molecular formula is C28H30FN9O3S. The van der Waals surface area contributed by atoms with Gasteiger partial charge in [0.15, 0.2) is 5.82 Å². The van der Waals surface area contributed by atoms with Crippen LogP contribution in [-0.2, 0) is 16.6 Å². The zero-order valence-electron chi connectivity index (χ0n) is 22.7. The highest BCUT2D eigenvalue weighted by molar-refractivity contribution is 7.90. The molecule has 0 saturated heterocycles. The number of halogens is 1. The number of hydrogen-bond donors (Lipinski definition) is 3. The van der Waals surface area contributed by atoms with Gasteiger partial charge in [-0.1, -0.05) is 11.8 Å². The molecule has 0 bridgehead atoms. The Morgan fingerprint density at radius 2 is 1.83 bits per heavy atom. The van der Waals surface area contributed by atoms with E-state index in [1.807, 2.05) is 6.07 Å². The highest BCUT2D eigenvalue weighted by Gasteiger charge is 2.37. The Morgan fingerprint density at radius 3 is 2.62 bits per heavy atom. The zero-order valence-corrected chi connectivity index (χ0v) is 23.5. The van der Waals surface area contributed by atoms with Gasteiger partial charge in [0, 0.05) is 30.7 Å². The summed E-state index contributed by atoms with van der Waals surface area (Å²) >= 11 is 0. The maximum absolute atomic E-state index is 12.6. The first-order valence-corrected chi connectivity index (χ1v) is 15.3. The second-order valence-corrected chi connectivity index (χ2v) is 12.5.